The van der Waals surface area contributed by atoms with Crippen LogP contribution in [0.5, 0.6) is 0 Å². The number of nitrogens with one attached hydrogen (secondary N) is 1. The zero-order valence-electron chi connectivity index (χ0n) is 11.1. The minimum atomic E-state index is -0.743. The third kappa shape index (κ3) is 3.34. The van der Waals surface area contributed by atoms with E-state index in [1.807, 2.05) is 25.1 Å². The van der Waals surface area contributed by atoms with E-state index in [4.69, 9.17) is 5.11 Å². The van der Waals surface area contributed by atoms with Crippen molar-refractivity contribution in [3.63, 3.8) is 0 Å². The molecule has 1 fully saturated rings. The van der Waals surface area contributed by atoms with Gasteiger partial charge >= 0.3 is 5.97 Å². The Morgan fingerprint density at radius 1 is 1.37 bits per heavy atom. The number of aryl methyl sites for hydroxylation is 1. The largest absolute Gasteiger partial charge is 0.481 e. The normalized spacial score (nSPS) is 22.2. The summed E-state index contributed by atoms with van der Waals surface area (Å²) in [6.07, 6.45) is 2.54. The van der Waals surface area contributed by atoms with Crippen molar-refractivity contribution in [3.8, 4) is 0 Å². The average molecular weight is 261 g/mol. The number of hydrogen-bond acceptors (Lipinski definition) is 2. The molecule has 102 valence electrons. The average Bonchev–Trinajstić information content (AvgIpc) is 2.84. The van der Waals surface area contributed by atoms with Gasteiger partial charge in [0.2, 0.25) is 0 Å². The molecule has 0 aliphatic heterocycles. The fourth-order valence-electron chi connectivity index (χ4n) is 2.72. The molecule has 1 aromatic rings. The summed E-state index contributed by atoms with van der Waals surface area (Å²) in [5.41, 5.74) is 1.67. The van der Waals surface area contributed by atoms with Crippen LogP contribution >= 0.6 is 0 Å². The highest BCUT2D eigenvalue weighted by atomic mass is 16.4. The third-order valence-corrected chi connectivity index (χ3v) is 3.78. The fraction of sp³-hybridized carbons (Fsp3) is 0.467. The summed E-state index contributed by atoms with van der Waals surface area (Å²) in [5, 5.41) is 11.9. The summed E-state index contributed by atoms with van der Waals surface area (Å²) in [5.74, 6) is -1.11. The van der Waals surface area contributed by atoms with Crippen molar-refractivity contribution in [2.45, 2.75) is 26.2 Å². The third-order valence-electron chi connectivity index (χ3n) is 3.78. The molecule has 4 nitrogen and oxygen atoms in total. The Labute approximate surface area is 112 Å². The Morgan fingerprint density at radius 2 is 2.16 bits per heavy atom. The minimum absolute atomic E-state index is 0.0614. The molecule has 2 atom stereocenters. The first-order valence-corrected chi connectivity index (χ1v) is 6.65. The molecule has 2 rings (SSSR count). The summed E-state index contributed by atoms with van der Waals surface area (Å²) in [4.78, 5) is 23.0. The van der Waals surface area contributed by atoms with Gasteiger partial charge in [-0.2, -0.15) is 0 Å². The molecular weight excluding hydrogens is 242 g/mol. The van der Waals surface area contributed by atoms with Gasteiger partial charge in [-0.25, -0.2) is 0 Å². The lowest BCUT2D eigenvalue weighted by Gasteiger charge is -2.16. The maximum Gasteiger partial charge on any atom is 0.306 e. The van der Waals surface area contributed by atoms with Crippen LogP contribution in [0.25, 0.3) is 0 Å². The van der Waals surface area contributed by atoms with E-state index in [2.05, 4.69) is 5.32 Å². The van der Waals surface area contributed by atoms with E-state index in [0.717, 1.165) is 24.8 Å². The van der Waals surface area contributed by atoms with Crippen molar-refractivity contribution in [1.82, 2.24) is 5.32 Å². The van der Waals surface area contributed by atoms with Crippen LogP contribution in [0.4, 0.5) is 0 Å². The first kappa shape index (κ1) is 13.6. The maximum absolute atomic E-state index is 12.0. The maximum atomic E-state index is 12.0. The Balaban J connectivity index is 1.92. The van der Waals surface area contributed by atoms with Crippen LogP contribution < -0.4 is 5.32 Å². The summed E-state index contributed by atoms with van der Waals surface area (Å²) >= 11 is 0. The van der Waals surface area contributed by atoms with Gasteiger partial charge in [0.15, 0.2) is 0 Å². The molecule has 2 N–H and O–H groups in total. The molecular formula is C15H19NO3. The molecule has 1 amide bonds. The fourth-order valence-corrected chi connectivity index (χ4v) is 2.72. The Kier molecular flexibility index (Phi) is 4.20. The molecule has 0 spiro atoms. The zero-order valence-corrected chi connectivity index (χ0v) is 11.1. The van der Waals surface area contributed by atoms with Gasteiger partial charge < -0.3 is 10.4 Å². The summed E-state index contributed by atoms with van der Waals surface area (Å²) < 4.78 is 0. The molecule has 0 radical (unpaired) electrons. The smallest absolute Gasteiger partial charge is 0.306 e. The van der Waals surface area contributed by atoms with Crippen LogP contribution in [-0.4, -0.2) is 23.5 Å². The van der Waals surface area contributed by atoms with Gasteiger partial charge in [-0.15, -0.1) is 0 Å². The number of carbonyl (C=O) groups excluding carboxylic acids is 1. The lowest BCUT2D eigenvalue weighted by molar-refractivity contribution is -0.142. The molecule has 19 heavy (non-hydrogen) atoms. The molecule has 0 aromatic heterocycles. The van der Waals surface area contributed by atoms with Crippen molar-refractivity contribution in [2.75, 3.05) is 6.54 Å². The van der Waals surface area contributed by atoms with E-state index < -0.39 is 5.97 Å². The highest BCUT2D eigenvalue weighted by molar-refractivity contribution is 5.94. The van der Waals surface area contributed by atoms with Gasteiger partial charge in [-0.1, -0.05) is 24.1 Å². The number of aliphatic carboxylic acids is 1. The molecule has 1 aliphatic carbocycles. The van der Waals surface area contributed by atoms with Crippen molar-refractivity contribution in [1.29, 1.82) is 0 Å². The molecule has 0 heterocycles. The number of benzene rings is 1. The number of rotatable bonds is 4. The van der Waals surface area contributed by atoms with Crippen LogP contribution in [0.1, 0.15) is 35.2 Å². The van der Waals surface area contributed by atoms with Crippen LogP contribution in [0.3, 0.4) is 0 Å². The summed E-state index contributed by atoms with van der Waals surface area (Å²) in [6.45, 7) is 2.39. The summed E-state index contributed by atoms with van der Waals surface area (Å²) in [6, 6.07) is 7.39. The topological polar surface area (TPSA) is 66.4 Å². The molecule has 0 saturated heterocycles. The SMILES string of the molecule is Cc1cccc(C(=O)NCC2CCCC2C(=O)O)c1. The number of hydrogen-bond donors (Lipinski definition) is 2. The lowest BCUT2D eigenvalue weighted by Crippen LogP contribution is -2.33. The first-order chi connectivity index (χ1) is 9.08. The van der Waals surface area contributed by atoms with E-state index in [9.17, 15) is 9.59 Å². The minimum Gasteiger partial charge on any atom is -0.481 e. The Bertz CT molecular complexity index is 484. The van der Waals surface area contributed by atoms with E-state index >= 15 is 0 Å². The molecule has 1 aromatic carbocycles. The number of carboxylic acid groups (broad SMARTS) is 1. The van der Waals surface area contributed by atoms with E-state index in [0.29, 0.717) is 12.1 Å². The quantitative estimate of drug-likeness (QED) is 0.873. The van der Waals surface area contributed by atoms with Gasteiger partial charge in [0.25, 0.3) is 5.91 Å². The number of carboxylic acids is 1. The van der Waals surface area contributed by atoms with Crippen molar-refractivity contribution < 1.29 is 14.7 Å². The van der Waals surface area contributed by atoms with Gasteiger partial charge in [0.05, 0.1) is 5.92 Å². The predicted octanol–water partition coefficient (Wildman–Crippen LogP) is 2.23. The monoisotopic (exact) mass is 261 g/mol. The molecule has 4 heteroatoms. The van der Waals surface area contributed by atoms with Crippen LogP contribution in [0, 0.1) is 18.8 Å². The lowest BCUT2D eigenvalue weighted by atomic mass is 9.96. The molecule has 0 bridgehead atoms. The predicted molar refractivity (Wildman–Crippen MR) is 72.0 cm³/mol. The van der Waals surface area contributed by atoms with Crippen LogP contribution in [-0.2, 0) is 4.79 Å². The second-order valence-electron chi connectivity index (χ2n) is 5.22. The molecule has 1 aliphatic rings. The van der Waals surface area contributed by atoms with E-state index in [-0.39, 0.29) is 17.7 Å². The van der Waals surface area contributed by atoms with Crippen molar-refractivity contribution >= 4 is 11.9 Å². The standard InChI is InChI=1S/C15H19NO3/c1-10-4-2-5-11(8-10)14(17)16-9-12-6-3-7-13(12)15(18)19/h2,4-5,8,12-13H,3,6-7,9H2,1H3,(H,16,17)(H,18,19). The summed E-state index contributed by atoms with van der Waals surface area (Å²) in [7, 11) is 0. The van der Waals surface area contributed by atoms with E-state index in [1.165, 1.54) is 0 Å². The zero-order chi connectivity index (χ0) is 13.8. The van der Waals surface area contributed by atoms with Crippen LogP contribution in [0.2, 0.25) is 0 Å². The van der Waals surface area contributed by atoms with Crippen molar-refractivity contribution in [2.24, 2.45) is 11.8 Å². The van der Waals surface area contributed by atoms with Crippen molar-refractivity contribution in [3.05, 3.63) is 35.4 Å². The van der Waals surface area contributed by atoms with Gasteiger partial charge in [0.1, 0.15) is 0 Å². The van der Waals surface area contributed by atoms with Gasteiger partial charge in [-0.3, -0.25) is 9.59 Å². The van der Waals surface area contributed by atoms with Gasteiger partial charge in [-0.05, 0) is 37.8 Å². The molecule has 2 unspecified atom stereocenters. The Hall–Kier alpha value is -1.84. The number of carbonyl (C=O) groups is 2. The van der Waals surface area contributed by atoms with Gasteiger partial charge in [0, 0.05) is 12.1 Å². The molecule has 1 saturated carbocycles. The second-order valence-corrected chi connectivity index (χ2v) is 5.22. The highest BCUT2D eigenvalue weighted by Crippen LogP contribution is 2.31. The van der Waals surface area contributed by atoms with E-state index in [1.54, 1.807) is 6.07 Å². The number of amides is 1. The highest BCUT2D eigenvalue weighted by Gasteiger charge is 2.32. The second kappa shape index (κ2) is 5.87. The Morgan fingerprint density at radius 3 is 2.84 bits per heavy atom. The van der Waals surface area contributed by atoms with Crippen LogP contribution in [0.15, 0.2) is 24.3 Å². The first-order valence-electron chi connectivity index (χ1n) is 6.65.